The van der Waals surface area contributed by atoms with Gasteiger partial charge in [-0.15, -0.1) is 0 Å². The predicted molar refractivity (Wildman–Crippen MR) is 40.4 cm³/mol. The van der Waals surface area contributed by atoms with Crippen LogP contribution >= 0.6 is 0 Å². The van der Waals surface area contributed by atoms with Crippen LogP contribution in [-0.2, 0) is 0 Å². The van der Waals surface area contributed by atoms with Crippen LogP contribution in [0, 0.1) is 11.8 Å². The van der Waals surface area contributed by atoms with Crippen LogP contribution in [0.3, 0.4) is 0 Å². The summed E-state index contributed by atoms with van der Waals surface area (Å²) in [5.74, 6) is 1.83. The highest BCUT2D eigenvalue weighted by Crippen LogP contribution is 2.16. The summed E-state index contributed by atoms with van der Waals surface area (Å²) in [6, 6.07) is 0. The van der Waals surface area contributed by atoms with Gasteiger partial charge in [0.2, 0.25) is 0 Å². The Morgan fingerprint density at radius 1 is 1.22 bits per heavy atom. The van der Waals surface area contributed by atoms with E-state index in [1.807, 2.05) is 0 Å². The molecular formula is C8H17N. The highest BCUT2D eigenvalue weighted by atomic mass is 14.9. The average molecular weight is 127 g/mol. The number of hydrogen-bond acceptors (Lipinski definition) is 1. The minimum absolute atomic E-state index is 0.891. The van der Waals surface area contributed by atoms with Gasteiger partial charge in [-0.3, -0.25) is 0 Å². The first-order valence-electron chi connectivity index (χ1n) is 3.99. The quantitative estimate of drug-likeness (QED) is 0.521. The molecule has 0 radical (unpaired) electrons. The summed E-state index contributed by atoms with van der Waals surface area (Å²) in [4.78, 5) is 0. The molecular weight excluding hydrogens is 110 g/mol. The van der Waals surface area contributed by atoms with Crippen molar-refractivity contribution in [3.63, 3.8) is 0 Å². The Hall–Kier alpha value is -0.0400. The van der Waals surface area contributed by atoms with E-state index in [1.54, 1.807) is 0 Å². The molecule has 1 saturated heterocycles. The Morgan fingerprint density at radius 2 is 2.00 bits per heavy atom. The molecule has 0 saturated carbocycles. The van der Waals surface area contributed by atoms with Gasteiger partial charge in [-0.05, 0) is 37.8 Å². The van der Waals surface area contributed by atoms with Crippen molar-refractivity contribution in [2.24, 2.45) is 11.8 Å². The molecule has 2 atom stereocenters. The van der Waals surface area contributed by atoms with Crippen LogP contribution in [0.5, 0.6) is 0 Å². The second-order valence-corrected chi connectivity index (χ2v) is 3.44. The lowest BCUT2D eigenvalue weighted by atomic mass is 9.97. The first kappa shape index (κ1) is 7.07. The van der Waals surface area contributed by atoms with Gasteiger partial charge in [0.25, 0.3) is 0 Å². The molecule has 1 heterocycles. The topological polar surface area (TPSA) is 12.0 Å². The molecule has 0 aromatic heterocycles. The Balaban J connectivity index is 2.29. The summed E-state index contributed by atoms with van der Waals surface area (Å²) >= 11 is 0. The van der Waals surface area contributed by atoms with E-state index in [-0.39, 0.29) is 0 Å². The van der Waals surface area contributed by atoms with E-state index in [4.69, 9.17) is 0 Å². The van der Waals surface area contributed by atoms with Crippen molar-refractivity contribution in [1.29, 1.82) is 0 Å². The number of hydrogen-bond donors (Lipinski definition) is 1. The van der Waals surface area contributed by atoms with Crippen molar-refractivity contribution in [3.05, 3.63) is 0 Å². The summed E-state index contributed by atoms with van der Waals surface area (Å²) < 4.78 is 0. The van der Waals surface area contributed by atoms with Gasteiger partial charge in [0.05, 0.1) is 0 Å². The van der Waals surface area contributed by atoms with Gasteiger partial charge in [0.1, 0.15) is 0 Å². The maximum atomic E-state index is 3.43. The van der Waals surface area contributed by atoms with E-state index >= 15 is 0 Å². The fourth-order valence-corrected chi connectivity index (χ4v) is 1.58. The zero-order valence-electron chi connectivity index (χ0n) is 6.48. The maximum absolute atomic E-state index is 3.43. The Kier molecular flexibility index (Phi) is 2.52. The smallest absolute Gasteiger partial charge is 0.00231 e. The first-order valence-corrected chi connectivity index (χ1v) is 3.99. The van der Waals surface area contributed by atoms with Crippen molar-refractivity contribution >= 4 is 0 Å². The van der Waals surface area contributed by atoms with Crippen LogP contribution in [0.1, 0.15) is 26.7 Å². The number of nitrogens with one attached hydrogen (secondary N) is 1. The molecule has 0 aromatic rings. The van der Waals surface area contributed by atoms with E-state index in [9.17, 15) is 0 Å². The molecule has 1 nitrogen and oxygen atoms in total. The van der Waals surface area contributed by atoms with Gasteiger partial charge in [-0.25, -0.2) is 0 Å². The molecule has 0 aliphatic carbocycles. The fourth-order valence-electron chi connectivity index (χ4n) is 1.58. The van der Waals surface area contributed by atoms with Crippen molar-refractivity contribution in [2.75, 3.05) is 13.1 Å². The normalized spacial score (nSPS) is 38.0. The second-order valence-electron chi connectivity index (χ2n) is 3.44. The van der Waals surface area contributed by atoms with E-state index < -0.39 is 0 Å². The molecule has 0 spiro atoms. The molecule has 1 heteroatoms. The van der Waals surface area contributed by atoms with Gasteiger partial charge in [0.15, 0.2) is 0 Å². The van der Waals surface area contributed by atoms with E-state index in [0.29, 0.717) is 0 Å². The number of rotatable bonds is 0. The minimum Gasteiger partial charge on any atom is -0.316 e. The predicted octanol–water partition coefficient (Wildman–Crippen LogP) is 1.64. The molecule has 9 heavy (non-hydrogen) atoms. The van der Waals surface area contributed by atoms with Crippen molar-refractivity contribution in [2.45, 2.75) is 26.7 Å². The van der Waals surface area contributed by atoms with E-state index in [1.165, 1.54) is 25.9 Å². The van der Waals surface area contributed by atoms with Gasteiger partial charge in [-0.1, -0.05) is 13.8 Å². The van der Waals surface area contributed by atoms with Crippen LogP contribution in [0.15, 0.2) is 0 Å². The third-order valence-corrected chi connectivity index (χ3v) is 2.11. The zero-order valence-corrected chi connectivity index (χ0v) is 6.48. The van der Waals surface area contributed by atoms with Gasteiger partial charge < -0.3 is 5.32 Å². The Morgan fingerprint density at radius 3 is 2.78 bits per heavy atom. The third-order valence-electron chi connectivity index (χ3n) is 2.11. The highest BCUT2D eigenvalue weighted by molar-refractivity contribution is 4.67. The Bertz CT molecular complexity index is 70.6. The molecule has 0 bridgehead atoms. The van der Waals surface area contributed by atoms with E-state index in [0.717, 1.165) is 11.8 Å². The van der Waals surface area contributed by atoms with Crippen LogP contribution in [0.25, 0.3) is 0 Å². The summed E-state index contributed by atoms with van der Waals surface area (Å²) in [7, 11) is 0. The van der Waals surface area contributed by atoms with Gasteiger partial charge in [0, 0.05) is 0 Å². The molecule has 1 rings (SSSR count). The van der Waals surface area contributed by atoms with Crippen molar-refractivity contribution < 1.29 is 0 Å². The molecule has 0 amide bonds. The summed E-state index contributed by atoms with van der Waals surface area (Å²) in [5.41, 5.74) is 0. The van der Waals surface area contributed by atoms with Crippen LogP contribution in [0.2, 0.25) is 0 Å². The van der Waals surface area contributed by atoms with E-state index in [2.05, 4.69) is 19.2 Å². The van der Waals surface area contributed by atoms with Crippen molar-refractivity contribution in [1.82, 2.24) is 5.32 Å². The lowest BCUT2D eigenvalue weighted by Gasteiger charge is -2.09. The maximum Gasteiger partial charge on any atom is -0.00231 e. The molecule has 0 aromatic carbocycles. The molecule has 1 aliphatic heterocycles. The van der Waals surface area contributed by atoms with Crippen LogP contribution < -0.4 is 5.32 Å². The molecule has 54 valence electrons. The monoisotopic (exact) mass is 127 g/mol. The summed E-state index contributed by atoms with van der Waals surface area (Å²) in [5, 5.41) is 3.43. The first-order chi connectivity index (χ1) is 4.29. The lowest BCUT2D eigenvalue weighted by molar-refractivity contribution is 0.440. The third kappa shape index (κ3) is 2.35. The summed E-state index contributed by atoms with van der Waals surface area (Å²) in [6.07, 6.45) is 2.78. The Labute approximate surface area is 57.8 Å². The molecule has 1 aliphatic rings. The lowest BCUT2D eigenvalue weighted by Crippen LogP contribution is -2.18. The highest BCUT2D eigenvalue weighted by Gasteiger charge is 2.11. The fraction of sp³-hybridized carbons (Fsp3) is 1.00. The largest absolute Gasteiger partial charge is 0.316 e. The molecule has 1 N–H and O–H groups in total. The zero-order chi connectivity index (χ0) is 6.69. The van der Waals surface area contributed by atoms with Gasteiger partial charge >= 0.3 is 0 Å². The average Bonchev–Trinajstić information content (AvgIpc) is 1.93. The van der Waals surface area contributed by atoms with Crippen LogP contribution in [0.4, 0.5) is 0 Å². The standard InChI is InChI=1S/C8H17N/c1-7-3-4-9-6-8(2)5-7/h7-9H,3-6H2,1-2H3/t7-,8?/m0/s1. The second kappa shape index (κ2) is 3.21. The SMILES string of the molecule is CC1CNCC[C@H](C)C1. The van der Waals surface area contributed by atoms with Crippen molar-refractivity contribution in [3.8, 4) is 0 Å². The molecule has 1 unspecified atom stereocenters. The minimum atomic E-state index is 0.891. The van der Waals surface area contributed by atoms with Gasteiger partial charge in [-0.2, -0.15) is 0 Å². The van der Waals surface area contributed by atoms with Crippen LogP contribution in [-0.4, -0.2) is 13.1 Å². The summed E-state index contributed by atoms with van der Waals surface area (Å²) in [6.45, 7) is 7.13. The molecule has 1 fully saturated rings.